The van der Waals surface area contributed by atoms with E-state index in [1.165, 1.54) is 0 Å². The molecule has 0 saturated heterocycles. The van der Waals surface area contributed by atoms with E-state index in [1.807, 2.05) is 0 Å². The van der Waals surface area contributed by atoms with E-state index in [4.69, 9.17) is 9.84 Å². The number of rotatable bonds is 6. The summed E-state index contributed by atoms with van der Waals surface area (Å²) < 4.78 is 46.4. The molecule has 3 N–H and O–H groups in total. The first-order chi connectivity index (χ1) is 13.6. The van der Waals surface area contributed by atoms with E-state index in [-0.39, 0.29) is 17.4 Å². The summed E-state index contributed by atoms with van der Waals surface area (Å²) in [6, 6.07) is 7.81. The summed E-state index contributed by atoms with van der Waals surface area (Å²) in [5.41, 5.74) is -0.317. The molecule has 1 fully saturated rings. The van der Waals surface area contributed by atoms with Crippen molar-refractivity contribution in [2.24, 2.45) is 0 Å². The number of carbonyl (C=O) groups excluding carboxylic acids is 1. The molecule has 2 aromatic rings. The normalized spacial score (nSPS) is 13.7. The van der Waals surface area contributed by atoms with Crippen molar-refractivity contribution in [2.75, 3.05) is 11.9 Å². The van der Waals surface area contributed by atoms with Crippen molar-refractivity contribution in [1.82, 2.24) is 5.32 Å². The molecule has 1 aliphatic carbocycles. The number of alkyl halides is 3. The van der Waals surface area contributed by atoms with Crippen LogP contribution in [0.3, 0.4) is 0 Å². The molecule has 0 aromatic heterocycles. The highest BCUT2D eigenvalue weighted by Gasteiger charge is 2.36. The molecular weight excluding hydrogens is 389 g/mol. The van der Waals surface area contributed by atoms with E-state index in [9.17, 15) is 22.8 Å². The number of amides is 2. The molecule has 6 nitrogen and oxygen atoms in total. The Hall–Kier alpha value is -3.23. The molecule has 1 saturated carbocycles. The fraction of sp³-hybridized carbons (Fsp3) is 0.300. The third-order valence-corrected chi connectivity index (χ3v) is 4.37. The summed E-state index contributed by atoms with van der Waals surface area (Å²) in [5.74, 6) is -1.35. The van der Waals surface area contributed by atoms with Gasteiger partial charge in [-0.15, -0.1) is 0 Å². The van der Waals surface area contributed by atoms with Crippen LogP contribution in [0.2, 0.25) is 0 Å². The largest absolute Gasteiger partial charge is 0.481 e. The Bertz CT molecular complexity index is 940. The van der Waals surface area contributed by atoms with Crippen LogP contribution in [-0.4, -0.2) is 29.8 Å². The Kier molecular flexibility index (Phi) is 5.67. The standard InChI is InChI=1S/C20H19F3N2O4/c1-11-4-2-3-5-13(11)14-8-15(20(21,22)23)16(9-17(14)29-10-18(26)27)25-19(28)24-12-6-7-12/h2-5,8-9,12H,6-7,10H2,1H3,(H,26,27)(H2,24,25,28). The average molecular weight is 408 g/mol. The van der Waals surface area contributed by atoms with Crippen molar-refractivity contribution >= 4 is 17.7 Å². The van der Waals surface area contributed by atoms with Crippen LogP contribution in [0.25, 0.3) is 11.1 Å². The van der Waals surface area contributed by atoms with E-state index in [0.717, 1.165) is 25.0 Å². The van der Waals surface area contributed by atoms with Crippen LogP contribution in [-0.2, 0) is 11.0 Å². The number of carbonyl (C=O) groups is 2. The lowest BCUT2D eigenvalue weighted by molar-refractivity contribution is -0.139. The Morgan fingerprint density at radius 3 is 2.45 bits per heavy atom. The Morgan fingerprint density at radius 2 is 1.86 bits per heavy atom. The summed E-state index contributed by atoms with van der Waals surface area (Å²) in [5, 5.41) is 13.7. The number of anilines is 1. The van der Waals surface area contributed by atoms with Gasteiger partial charge in [0.25, 0.3) is 0 Å². The predicted molar refractivity (Wildman–Crippen MR) is 99.9 cm³/mol. The van der Waals surface area contributed by atoms with E-state index < -0.39 is 36.0 Å². The lowest BCUT2D eigenvalue weighted by Gasteiger charge is -2.20. The zero-order valence-electron chi connectivity index (χ0n) is 15.5. The molecule has 2 aromatic carbocycles. The summed E-state index contributed by atoms with van der Waals surface area (Å²) in [4.78, 5) is 22.9. The predicted octanol–water partition coefficient (Wildman–Crippen LogP) is 4.43. The van der Waals surface area contributed by atoms with Crippen molar-refractivity contribution in [1.29, 1.82) is 0 Å². The van der Waals surface area contributed by atoms with Crippen molar-refractivity contribution in [3.63, 3.8) is 0 Å². The van der Waals surface area contributed by atoms with Gasteiger partial charge in [0.1, 0.15) is 5.75 Å². The van der Waals surface area contributed by atoms with Crippen LogP contribution in [0, 0.1) is 6.92 Å². The minimum absolute atomic E-state index is 0.0432. The Balaban J connectivity index is 2.09. The minimum atomic E-state index is -4.75. The number of hydrogen-bond acceptors (Lipinski definition) is 3. The molecule has 0 heterocycles. The lowest BCUT2D eigenvalue weighted by Crippen LogP contribution is -2.31. The average Bonchev–Trinajstić information content (AvgIpc) is 3.43. The molecule has 9 heteroatoms. The van der Waals surface area contributed by atoms with Gasteiger partial charge >= 0.3 is 18.2 Å². The fourth-order valence-electron chi connectivity index (χ4n) is 2.83. The minimum Gasteiger partial charge on any atom is -0.481 e. The van der Waals surface area contributed by atoms with Gasteiger partial charge in [-0.05, 0) is 37.0 Å². The third kappa shape index (κ3) is 5.18. The van der Waals surface area contributed by atoms with Gasteiger partial charge in [-0.2, -0.15) is 13.2 Å². The SMILES string of the molecule is Cc1ccccc1-c1cc(C(F)(F)F)c(NC(=O)NC2CC2)cc1OCC(=O)O. The highest BCUT2D eigenvalue weighted by molar-refractivity contribution is 5.92. The molecular formula is C20H19F3N2O4. The summed E-state index contributed by atoms with van der Waals surface area (Å²) in [6.45, 7) is 0.983. The summed E-state index contributed by atoms with van der Waals surface area (Å²) >= 11 is 0. The zero-order valence-corrected chi connectivity index (χ0v) is 15.5. The second-order valence-electron chi connectivity index (χ2n) is 6.76. The monoisotopic (exact) mass is 408 g/mol. The van der Waals surface area contributed by atoms with Gasteiger partial charge in [0.2, 0.25) is 0 Å². The van der Waals surface area contributed by atoms with Crippen LogP contribution >= 0.6 is 0 Å². The van der Waals surface area contributed by atoms with E-state index in [1.54, 1.807) is 31.2 Å². The van der Waals surface area contributed by atoms with Crippen LogP contribution in [0.15, 0.2) is 36.4 Å². The Labute approximate surface area is 164 Å². The Morgan fingerprint density at radius 1 is 1.17 bits per heavy atom. The smallest absolute Gasteiger partial charge is 0.418 e. The molecule has 0 spiro atoms. The number of aryl methyl sites for hydroxylation is 1. The highest BCUT2D eigenvalue weighted by Crippen LogP contribution is 2.43. The second kappa shape index (κ2) is 8.02. The molecule has 0 bridgehead atoms. The van der Waals surface area contributed by atoms with Crippen LogP contribution in [0.1, 0.15) is 24.0 Å². The molecule has 0 unspecified atom stereocenters. The number of carboxylic acid groups (broad SMARTS) is 1. The number of aliphatic carboxylic acids is 1. The summed E-state index contributed by atoms with van der Waals surface area (Å²) in [6.07, 6.45) is -3.19. The van der Waals surface area contributed by atoms with Gasteiger partial charge in [0, 0.05) is 17.7 Å². The number of ether oxygens (including phenoxy) is 1. The third-order valence-electron chi connectivity index (χ3n) is 4.37. The highest BCUT2D eigenvalue weighted by atomic mass is 19.4. The van der Waals surface area contributed by atoms with Gasteiger partial charge in [0.05, 0.1) is 11.3 Å². The van der Waals surface area contributed by atoms with E-state index >= 15 is 0 Å². The number of halogens is 3. The maximum Gasteiger partial charge on any atom is 0.418 e. The van der Waals surface area contributed by atoms with Gasteiger partial charge < -0.3 is 20.5 Å². The van der Waals surface area contributed by atoms with Gasteiger partial charge in [-0.1, -0.05) is 24.3 Å². The molecule has 2 amide bonds. The quantitative estimate of drug-likeness (QED) is 0.660. The van der Waals surface area contributed by atoms with Crippen LogP contribution < -0.4 is 15.4 Å². The number of hydrogen-bond donors (Lipinski definition) is 3. The van der Waals surface area contributed by atoms with Crippen molar-refractivity contribution in [3.8, 4) is 16.9 Å². The second-order valence-corrected chi connectivity index (χ2v) is 6.76. The number of nitrogens with one attached hydrogen (secondary N) is 2. The molecule has 0 radical (unpaired) electrons. The first-order valence-electron chi connectivity index (χ1n) is 8.88. The number of benzene rings is 2. The van der Waals surface area contributed by atoms with E-state index in [2.05, 4.69) is 10.6 Å². The topological polar surface area (TPSA) is 87.7 Å². The molecule has 0 aliphatic heterocycles. The van der Waals surface area contributed by atoms with Gasteiger partial charge in [-0.25, -0.2) is 9.59 Å². The number of urea groups is 1. The molecule has 1 aliphatic rings. The maximum atomic E-state index is 13.7. The van der Waals surface area contributed by atoms with Gasteiger partial charge in [-0.3, -0.25) is 0 Å². The van der Waals surface area contributed by atoms with Crippen LogP contribution in [0.4, 0.5) is 23.7 Å². The first kappa shape index (κ1) is 20.5. The first-order valence-corrected chi connectivity index (χ1v) is 8.88. The lowest BCUT2D eigenvalue weighted by atomic mass is 9.96. The van der Waals surface area contributed by atoms with Crippen molar-refractivity contribution in [2.45, 2.75) is 32.0 Å². The van der Waals surface area contributed by atoms with Crippen molar-refractivity contribution in [3.05, 3.63) is 47.5 Å². The summed E-state index contributed by atoms with van der Waals surface area (Å²) in [7, 11) is 0. The zero-order chi connectivity index (χ0) is 21.2. The van der Waals surface area contributed by atoms with Gasteiger partial charge in [0.15, 0.2) is 6.61 Å². The molecule has 3 rings (SSSR count). The molecule has 0 atom stereocenters. The molecule has 29 heavy (non-hydrogen) atoms. The van der Waals surface area contributed by atoms with Crippen molar-refractivity contribution < 1.29 is 32.6 Å². The fourth-order valence-corrected chi connectivity index (χ4v) is 2.83. The maximum absolute atomic E-state index is 13.7. The number of carboxylic acids is 1. The molecule has 154 valence electrons. The van der Waals surface area contributed by atoms with Crippen LogP contribution in [0.5, 0.6) is 5.75 Å². The van der Waals surface area contributed by atoms with E-state index in [0.29, 0.717) is 11.1 Å².